The van der Waals surface area contributed by atoms with Crippen LogP contribution in [0.3, 0.4) is 0 Å². The summed E-state index contributed by atoms with van der Waals surface area (Å²) < 4.78 is 0. The molecule has 0 aliphatic heterocycles. The maximum Gasteiger partial charge on any atom is 0.326 e. The largest absolute Gasteiger partial charge is 0.508 e. The molecule has 13 nitrogen and oxygen atoms in total. The zero-order valence-corrected chi connectivity index (χ0v) is 21.4. The molecular formula is C27H31N5O8. The molecule has 2 aromatic carbocycles. The van der Waals surface area contributed by atoms with E-state index in [9.17, 15) is 34.2 Å². The summed E-state index contributed by atoms with van der Waals surface area (Å²) in [6.07, 6.45) is 1.06. The Labute approximate surface area is 228 Å². The fourth-order valence-electron chi connectivity index (χ4n) is 4.05. The van der Waals surface area contributed by atoms with Crippen LogP contribution in [-0.4, -0.2) is 74.6 Å². The summed E-state index contributed by atoms with van der Waals surface area (Å²) in [5, 5.41) is 35.8. The summed E-state index contributed by atoms with van der Waals surface area (Å²) in [4.78, 5) is 63.7. The molecule has 3 amide bonds. The van der Waals surface area contributed by atoms with Gasteiger partial charge >= 0.3 is 11.9 Å². The van der Waals surface area contributed by atoms with Crippen LogP contribution in [0.15, 0.2) is 54.7 Å². The first-order valence-electron chi connectivity index (χ1n) is 12.4. The van der Waals surface area contributed by atoms with Crippen LogP contribution in [0.25, 0.3) is 10.9 Å². The Kier molecular flexibility index (Phi) is 10.2. The molecule has 0 radical (unpaired) electrons. The number of fused-ring (bicyclic) bond motifs is 1. The zero-order valence-electron chi connectivity index (χ0n) is 21.4. The van der Waals surface area contributed by atoms with Crippen molar-refractivity contribution < 1.29 is 39.3 Å². The molecule has 1 aromatic heterocycles. The van der Waals surface area contributed by atoms with E-state index in [1.807, 2.05) is 24.3 Å². The number of aromatic hydroxyl groups is 1. The second-order valence-electron chi connectivity index (χ2n) is 9.21. The van der Waals surface area contributed by atoms with Gasteiger partial charge in [-0.15, -0.1) is 0 Å². The standard InChI is InChI=1S/C27H31N5O8/c28-19(12-16-13-29-20-4-2-1-3-18(16)20)25(37)30-14-23(34)31-22(11-15-5-7-17(33)8-6-15)26(38)32-21(27(39)40)9-10-24(35)36/h1-8,13,19,21-22,29,33H,9-12,14,28H2,(H,30,37)(H,31,34)(H,32,38)(H,35,36)(H,39,40). The topological polar surface area (TPSA) is 224 Å². The Morgan fingerprint density at radius 3 is 2.25 bits per heavy atom. The van der Waals surface area contributed by atoms with Crippen LogP contribution in [0, 0.1) is 0 Å². The number of rotatable bonds is 14. The van der Waals surface area contributed by atoms with Crippen molar-refractivity contribution in [1.82, 2.24) is 20.9 Å². The van der Waals surface area contributed by atoms with E-state index in [0.717, 1.165) is 16.5 Å². The minimum Gasteiger partial charge on any atom is -0.508 e. The molecule has 0 saturated carbocycles. The average Bonchev–Trinajstić information content (AvgIpc) is 3.32. The first kappa shape index (κ1) is 29.6. The van der Waals surface area contributed by atoms with E-state index < -0.39 is 60.8 Å². The number of aliphatic carboxylic acids is 2. The predicted molar refractivity (Wildman–Crippen MR) is 143 cm³/mol. The summed E-state index contributed by atoms with van der Waals surface area (Å²) in [5.74, 6) is -4.85. The van der Waals surface area contributed by atoms with Crippen molar-refractivity contribution in [2.75, 3.05) is 6.54 Å². The molecule has 40 heavy (non-hydrogen) atoms. The molecule has 9 N–H and O–H groups in total. The molecule has 3 unspecified atom stereocenters. The second kappa shape index (κ2) is 13.8. The third kappa shape index (κ3) is 8.56. The van der Waals surface area contributed by atoms with E-state index in [-0.39, 0.29) is 25.0 Å². The van der Waals surface area contributed by atoms with Crippen molar-refractivity contribution in [2.24, 2.45) is 5.73 Å². The Morgan fingerprint density at radius 2 is 1.57 bits per heavy atom. The number of H-pyrrole nitrogens is 1. The Morgan fingerprint density at radius 1 is 0.875 bits per heavy atom. The number of carboxylic acid groups (broad SMARTS) is 2. The molecule has 0 bridgehead atoms. The molecule has 3 aromatic rings. The number of hydrogen-bond acceptors (Lipinski definition) is 7. The van der Waals surface area contributed by atoms with Crippen LogP contribution >= 0.6 is 0 Å². The highest BCUT2D eigenvalue weighted by Crippen LogP contribution is 2.18. The van der Waals surface area contributed by atoms with Crippen molar-refractivity contribution in [3.63, 3.8) is 0 Å². The lowest BCUT2D eigenvalue weighted by Gasteiger charge is -2.22. The maximum atomic E-state index is 12.9. The van der Waals surface area contributed by atoms with E-state index in [1.54, 1.807) is 6.20 Å². The number of nitrogens with two attached hydrogens (primary N) is 1. The van der Waals surface area contributed by atoms with Crippen LogP contribution in [0.1, 0.15) is 24.0 Å². The SMILES string of the molecule is NC(Cc1c[nH]c2ccccc12)C(=O)NCC(=O)NC(Cc1ccc(O)cc1)C(=O)NC(CCC(=O)O)C(=O)O. The van der Waals surface area contributed by atoms with Crippen LogP contribution in [0.5, 0.6) is 5.75 Å². The van der Waals surface area contributed by atoms with Gasteiger partial charge in [0.25, 0.3) is 0 Å². The van der Waals surface area contributed by atoms with Gasteiger partial charge in [-0.25, -0.2) is 4.79 Å². The summed E-state index contributed by atoms with van der Waals surface area (Å²) in [5.41, 5.74) is 8.32. The van der Waals surface area contributed by atoms with Gasteiger partial charge in [-0.05, 0) is 42.2 Å². The smallest absolute Gasteiger partial charge is 0.326 e. The van der Waals surface area contributed by atoms with Gasteiger partial charge in [0.1, 0.15) is 17.8 Å². The summed E-state index contributed by atoms with van der Waals surface area (Å²) in [7, 11) is 0. The molecule has 0 saturated heterocycles. The van der Waals surface area contributed by atoms with E-state index >= 15 is 0 Å². The Hall–Kier alpha value is -4.91. The van der Waals surface area contributed by atoms with Crippen molar-refractivity contribution in [1.29, 1.82) is 0 Å². The molecule has 1 heterocycles. The molecule has 3 rings (SSSR count). The number of benzene rings is 2. The van der Waals surface area contributed by atoms with Crippen LogP contribution in [-0.2, 0) is 36.8 Å². The normalized spacial score (nSPS) is 13.1. The highest BCUT2D eigenvalue weighted by molar-refractivity contribution is 5.93. The molecule has 212 valence electrons. The van der Waals surface area contributed by atoms with E-state index in [0.29, 0.717) is 5.56 Å². The van der Waals surface area contributed by atoms with Gasteiger partial charge in [-0.3, -0.25) is 19.2 Å². The van der Waals surface area contributed by atoms with Gasteiger partial charge in [-0.2, -0.15) is 0 Å². The summed E-state index contributed by atoms with van der Waals surface area (Å²) >= 11 is 0. The lowest BCUT2D eigenvalue weighted by Crippen LogP contribution is -2.54. The van der Waals surface area contributed by atoms with Gasteiger partial charge in [-0.1, -0.05) is 30.3 Å². The number of nitrogens with one attached hydrogen (secondary N) is 4. The molecular weight excluding hydrogens is 522 g/mol. The summed E-state index contributed by atoms with van der Waals surface area (Å²) in [6, 6.07) is 9.63. The fraction of sp³-hybridized carbons (Fsp3) is 0.296. The Balaban J connectivity index is 1.62. The maximum absolute atomic E-state index is 12.9. The number of amides is 3. The third-order valence-corrected chi connectivity index (χ3v) is 6.16. The zero-order chi connectivity index (χ0) is 29.2. The van der Waals surface area contributed by atoms with Crippen LogP contribution in [0.2, 0.25) is 0 Å². The molecule has 3 atom stereocenters. The first-order valence-corrected chi connectivity index (χ1v) is 12.4. The van der Waals surface area contributed by atoms with Crippen molar-refractivity contribution in [3.8, 4) is 5.75 Å². The van der Waals surface area contributed by atoms with Gasteiger partial charge in [0, 0.05) is 29.9 Å². The van der Waals surface area contributed by atoms with Crippen molar-refractivity contribution >= 4 is 40.6 Å². The number of aromatic nitrogens is 1. The van der Waals surface area contributed by atoms with E-state index in [4.69, 9.17) is 10.8 Å². The molecule has 0 fully saturated rings. The van der Waals surface area contributed by atoms with Crippen molar-refractivity contribution in [2.45, 2.75) is 43.8 Å². The quantitative estimate of drug-likeness (QED) is 0.134. The summed E-state index contributed by atoms with van der Waals surface area (Å²) in [6.45, 7) is -0.499. The minimum atomic E-state index is -1.50. The average molecular weight is 554 g/mol. The number of hydrogen-bond donors (Lipinski definition) is 8. The van der Waals surface area contributed by atoms with E-state index in [2.05, 4.69) is 20.9 Å². The predicted octanol–water partition coefficient (Wildman–Crippen LogP) is 0.0212. The molecule has 13 heteroatoms. The number of carbonyl (C=O) groups excluding carboxylic acids is 3. The number of phenolic OH excluding ortho intramolecular Hbond substituents is 1. The number of carboxylic acids is 2. The molecule has 0 spiro atoms. The Bertz CT molecular complexity index is 1370. The lowest BCUT2D eigenvalue weighted by molar-refractivity contribution is -0.143. The highest BCUT2D eigenvalue weighted by Gasteiger charge is 2.27. The second-order valence-corrected chi connectivity index (χ2v) is 9.21. The minimum absolute atomic E-state index is 0.0138. The van der Waals surface area contributed by atoms with Crippen molar-refractivity contribution in [3.05, 3.63) is 65.9 Å². The molecule has 0 aliphatic carbocycles. The first-order chi connectivity index (χ1) is 19.0. The lowest BCUT2D eigenvalue weighted by atomic mass is 10.0. The van der Waals surface area contributed by atoms with Gasteiger partial charge < -0.3 is 42.0 Å². The number of para-hydroxylation sites is 1. The third-order valence-electron chi connectivity index (χ3n) is 6.16. The number of aromatic amines is 1. The highest BCUT2D eigenvalue weighted by atomic mass is 16.4. The van der Waals surface area contributed by atoms with Gasteiger partial charge in [0.2, 0.25) is 17.7 Å². The number of carbonyl (C=O) groups is 5. The molecule has 0 aliphatic rings. The monoisotopic (exact) mass is 553 g/mol. The van der Waals surface area contributed by atoms with Crippen LogP contribution < -0.4 is 21.7 Å². The fourth-order valence-corrected chi connectivity index (χ4v) is 4.05. The van der Waals surface area contributed by atoms with Gasteiger partial charge in [0.15, 0.2) is 0 Å². The van der Waals surface area contributed by atoms with Gasteiger partial charge in [0.05, 0.1) is 12.6 Å². The van der Waals surface area contributed by atoms with E-state index in [1.165, 1.54) is 24.3 Å². The van der Waals surface area contributed by atoms with Crippen LogP contribution in [0.4, 0.5) is 0 Å². The number of phenols is 1.